The normalized spacial score (nSPS) is 20.2. The molecule has 0 bridgehead atoms. The van der Waals surface area contributed by atoms with Crippen molar-refractivity contribution in [2.24, 2.45) is 5.92 Å². The molecule has 0 aromatic heterocycles. The Balaban J connectivity index is 1.53. The Labute approximate surface area is 146 Å². The van der Waals surface area contributed by atoms with Crippen LogP contribution in [0.1, 0.15) is 47.9 Å². The van der Waals surface area contributed by atoms with E-state index >= 15 is 0 Å². The van der Waals surface area contributed by atoms with Gasteiger partial charge in [0, 0.05) is 19.0 Å². The van der Waals surface area contributed by atoms with Gasteiger partial charge in [-0.15, -0.1) is 5.06 Å². The first-order valence-corrected chi connectivity index (χ1v) is 8.35. The molecule has 1 aromatic rings. The Morgan fingerprint density at radius 3 is 2.32 bits per heavy atom. The largest absolute Gasteiger partial charge is 0.444 e. The molecule has 1 fully saturated rings. The fourth-order valence-electron chi connectivity index (χ4n) is 2.93. The first-order chi connectivity index (χ1) is 11.8. The number of amides is 3. The van der Waals surface area contributed by atoms with Gasteiger partial charge in [-0.3, -0.25) is 14.4 Å². The van der Waals surface area contributed by atoms with Crippen LogP contribution in [-0.2, 0) is 9.57 Å². The predicted octanol–water partition coefficient (Wildman–Crippen LogP) is 2.47. The van der Waals surface area contributed by atoms with Crippen LogP contribution in [0.5, 0.6) is 0 Å². The van der Waals surface area contributed by atoms with Gasteiger partial charge in [-0.2, -0.15) is 0 Å². The average Bonchev–Trinajstić information content (AvgIpc) is 3.10. The van der Waals surface area contributed by atoms with Gasteiger partial charge in [0.2, 0.25) is 0 Å². The molecule has 1 unspecified atom stereocenters. The summed E-state index contributed by atoms with van der Waals surface area (Å²) in [6, 6.07) is 6.64. The number of hydrogen-bond donors (Lipinski definition) is 0. The summed E-state index contributed by atoms with van der Waals surface area (Å²) in [5.41, 5.74) is 0.176. The fraction of sp³-hybridized carbons (Fsp3) is 0.500. The average molecular weight is 346 g/mol. The van der Waals surface area contributed by atoms with Crippen LogP contribution >= 0.6 is 0 Å². The summed E-state index contributed by atoms with van der Waals surface area (Å²) in [4.78, 5) is 43.6. The van der Waals surface area contributed by atoms with Gasteiger partial charge in [-0.25, -0.2) is 4.79 Å². The van der Waals surface area contributed by atoms with Crippen molar-refractivity contribution in [3.05, 3.63) is 35.4 Å². The molecule has 0 N–H and O–H groups in total. The van der Waals surface area contributed by atoms with Gasteiger partial charge in [0.1, 0.15) is 5.60 Å². The molecule has 7 nitrogen and oxygen atoms in total. The van der Waals surface area contributed by atoms with Gasteiger partial charge in [0.05, 0.1) is 17.7 Å². The van der Waals surface area contributed by atoms with Crippen molar-refractivity contribution >= 4 is 17.9 Å². The van der Waals surface area contributed by atoms with E-state index in [1.807, 2.05) is 20.8 Å². The Hall–Kier alpha value is -2.41. The number of imide groups is 1. The minimum Gasteiger partial charge on any atom is -0.444 e. The molecule has 3 amide bonds. The van der Waals surface area contributed by atoms with E-state index in [4.69, 9.17) is 9.57 Å². The van der Waals surface area contributed by atoms with Crippen molar-refractivity contribution in [3.8, 4) is 0 Å². The topological polar surface area (TPSA) is 76.2 Å². The molecule has 2 aliphatic heterocycles. The summed E-state index contributed by atoms with van der Waals surface area (Å²) in [7, 11) is 0. The first-order valence-electron chi connectivity index (χ1n) is 8.35. The summed E-state index contributed by atoms with van der Waals surface area (Å²) >= 11 is 0. The lowest BCUT2D eigenvalue weighted by molar-refractivity contribution is -0.102. The standard InChI is InChI=1S/C18H22N2O5/c1-18(2,3)25-17(23)19-9-8-12(10-19)11-24-20-15(21)13-6-4-5-7-14(13)16(20)22/h4-7,12H,8-11H2,1-3H3. The van der Waals surface area contributed by atoms with Gasteiger partial charge in [0.15, 0.2) is 0 Å². The van der Waals surface area contributed by atoms with Crippen LogP contribution in [-0.4, -0.2) is 53.2 Å². The second kappa shape index (κ2) is 6.48. The third-order valence-electron chi connectivity index (χ3n) is 4.13. The van der Waals surface area contributed by atoms with E-state index in [9.17, 15) is 14.4 Å². The maximum Gasteiger partial charge on any atom is 0.410 e. The number of ether oxygens (including phenoxy) is 1. The number of benzene rings is 1. The molecule has 0 spiro atoms. The van der Waals surface area contributed by atoms with Gasteiger partial charge < -0.3 is 9.64 Å². The Morgan fingerprint density at radius 1 is 1.16 bits per heavy atom. The third kappa shape index (κ3) is 3.66. The van der Waals surface area contributed by atoms with Gasteiger partial charge >= 0.3 is 6.09 Å². The smallest absolute Gasteiger partial charge is 0.410 e. The summed E-state index contributed by atoms with van der Waals surface area (Å²) in [5, 5.41) is 0.820. The lowest BCUT2D eigenvalue weighted by Gasteiger charge is -2.24. The predicted molar refractivity (Wildman–Crippen MR) is 88.8 cm³/mol. The molecule has 0 saturated carbocycles. The molecule has 0 aliphatic carbocycles. The molecule has 25 heavy (non-hydrogen) atoms. The van der Waals surface area contributed by atoms with E-state index in [-0.39, 0.29) is 18.6 Å². The van der Waals surface area contributed by atoms with Crippen LogP contribution in [0.15, 0.2) is 24.3 Å². The van der Waals surface area contributed by atoms with Crippen LogP contribution < -0.4 is 0 Å². The summed E-state index contributed by atoms with van der Waals surface area (Å²) in [6.07, 6.45) is 0.387. The lowest BCUT2D eigenvalue weighted by Crippen LogP contribution is -2.36. The highest BCUT2D eigenvalue weighted by atomic mass is 16.7. The van der Waals surface area contributed by atoms with E-state index in [0.717, 1.165) is 11.5 Å². The van der Waals surface area contributed by atoms with Crippen molar-refractivity contribution in [2.75, 3.05) is 19.7 Å². The number of carbonyl (C=O) groups is 3. The monoisotopic (exact) mass is 346 g/mol. The second-order valence-electron chi connectivity index (χ2n) is 7.33. The zero-order chi connectivity index (χ0) is 18.2. The van der Waals surface area contributed by atoms with E-state index in [2.05, 4.69) is 0 Å². The number of fused-ring (bicyclic) bond motifs is 1. The van der Waals surface area contributed by atoms with Gasteiger partial charge in [-0.1, -0.05) is 12.1 Å². The minimum atomic E-state index is -0.536. The molecular weight excluding hydrogens is 324 g/mol. The maximum atomic E-state index is 12.2. The lowest BCUT2D eigenvalue weighted by atomic mass is 10.1. The van der Waals surface area contributed by atoms with Crippen LogP contribution in [0.25, 0.3) is 0 Å². The molecule has 1 atom stereocenters. The van der Waals surface area contributed by atoms with E-state index in [1.165, 1.54) is 0 Å². The minimum absolute atomic E-state index is 0.0526. The van der Waals surface area contributed by atoms with Crippen molar-refractivity contribution in [1.29, 1.82) is 0 Å². The van der Waals surface area contributed by atoms with E-state index in [0.29, 0.717) is 24.2 Å². The number of hydroxylamine groups is 2. The van der Waals surface area contributed by atoms with Gasteiger partial charge in [0.25, 0.3) is 11.8 Å². The molecule has 134 valence electrons. The van der Waals surface area contributed by atoms with Crippen LogP contribution in [0.3, 0.4) is 0 Å². The number of hydrogen-bond acceptors (Lipinski definition) is 5. The summed E-state index contributed by atoms with van der Waals surface area (Å²) in [6.45, 7) is 6.73. The highest BCUT2D eigenvalue weighted by Gasteiger charge is 2.38. The number of likely N-dealkylation sites (tertiary alicyclic amines) is 1. The molecule has 1 aromatic carbocycles. The third-order valence-corrected chi connectivity index (χ3v) is 4.13. The van der Waals surface area contributed by atoms with Crippen LogP contribution in [0, 0.1) is 5.92 Å². The summed E-state index contributed by atoms with van der Waals surface area (Å²) in [5.74, 6) is -0.831. The molecule has 7 heteroatoms. The molecule has 2 heterocycles. The Bertz CT molecular complexity index is 675. The van der Waals surface area contributed by atoms with Crippen molar-refractivity contribution in [2.45, 2.75) is 32.8 Å². The van der Waals surface area contributed by atoms with E-state index in [1.54, 1.807) is 29.2 Å². The number of carbonyl (C=O) groups excluding carboxylic acids is 3. The van der Waals surface area contributed by atoms with Gasteiger partial charge in [-0.05, 0) is 39.3 Å². The molecule has 0 radical (unpaired) electrons. The molecular formula is C18H22N2O5. The fourth-order valence-corrected chi connectivity index (χ4v) is 2.93. The number of nitrogens with zero attached hydrogens (tertiary/aromatic N) is 2. The zero-order valence-corrected chi connectivity index (χ0v) is 14.7. The zero-order valence-electron chi connectivity index (χ0n) is 14.7. The molecule has 1 saturated heterocycles. The van der Waals surface area contributed by atoms with E-state index < -0.39 is 17.4 Å². The van der Waals surface area contributed by atoms with Crippen LogP contribution in [0.2, 0.25) is 0 Å². The second-order valence-corrected chi connectivity index (χ2v) is 7.33. The van der Waals surface area contributed by atoms with Crippen molar-refractivity contribution in [1.82, 2.24) is 9.96 Å². The molecule has 3 rings (SSSR count). The van der Waals surface area contributed by atoms with Crippen molar-refractivity contribution in [3.63, 3.8) is 0 Å². The Kier molecular flexibility index (Phi) is 4.51. The highest BCUT2D eigenvalue weighted by Crippen LogP contribution is 2.25. The molecule has 2 aliphatic rings. The highest BCUT2D eigenvalue weighted by molar-refractivity contribution is 6.20. The van der Waals surface area contributed by atoms with Crippen LogP contribution in [0.4, 0.5) is 4.79 Å². The number of rotatable bonds is 3. The maximum absolute atomic E-state index is 12.2. The Morgan fingerprint density at radius 2 is 1.76 bits per heavy atom. The summed E-state index contributed by atoms with van der Waals surface area (Å²) < 4.78 is 5.35. The quantitative estimate of drug-likeness (QED) is 0.786. The SMILES string of the molecule is CC(C)(C)OC(=O)N1CCC(CON2C(=O)c3ccccc3C2=O)C1. The first kappa shape index (κ1) is 17.4. The van der Waals surface area contributed by atoms with Crippen molar-refractivity contribution < 1.29 is 24.0 Å².